The molecule has 2 aliphatic heterocycles. The van der Waals surface area contributed by atoms with Crippen LogP contribution in [0.4, 0.5) is 0 Å². The van der Waals surface area contributed by atoms with Gasteiger partial charge in [0.25, 0.3) is 0 Å². The highest BCUT2D eigenvalue weighted by Gasteiger charge is 2.31. The van der Waals surface area contributed by atoms with E-state index in [9.17, 15) is 4.79 Å². The number of carbonyl (C=O) groups excluding carboxylic acids is 1. The van der Waals surface area contributed by atoms with Gasteiger partial charge in [0.15, 0.2) is 11.5 Å². The van der Waals surface area contributed by atoms with Crippen molar-refractivity contribution in [2.24, 2.45) is 0 Å². The average Bonchev–Trinajstić information content (AvgIpc) is 3.21. The number of ether oxygens (including phenoxy) is 2. The minimum Gasteiger partial charge on any atom is -0.454 e. The van der Waals surface area contributed by atoms with Crippen LogP contribution in [-0.2, 0) is 17.9 Å². The number of nitrogens with zero attached hydrogens (tertiary/aromatic N) is 3. The number of amides is 1. The van der Waals surface area contributed by atoms with Crippen LogP contribution in [0.3, 0.4) is 0 Å². The minimum absolute atomic E-state index is 0.00957. The summed E-state index contributed by atoms with van der Waals surface area (Å²) in [4.78, 5) is 14.8. The van der Waals surface area contributed by atoms with Crippen LogP contribution in [0.1, 0.15) is 31.1 Å². The monoisotopic (exact) mass is 342 g/mol. The molecule has 7 nitrogen and oxygen atoms in total. The van der Waals surface area contributed by atoms with Gasteiger partial charge in [-0.2, -0.15) is 5.10 Å². The van der Waals surface area contributed by atoms with E-state index >= 15 is 0 Å². The fourth-order valence-corrected chi connectivity index (χ4v) is 3.36. The zero-order valence-corrected chi connectivity index (χ0v) is 14.4. The molecular formula is C18H22N4O3. The predicted molar refractivity (Wildman–Crippen MR) is 91.2 cm³/mol. The topological polar surface area (TPSA) is 68.6 Å². The normalized spacial score (nSPS) is 19.1. The second-order valence-corrected chi connectivity index (χ2v) is 6.80. The minimum atomic E-state index is -0.310. The molecule has 0 spiro atoms. The van der Waals surface area contributed by atoms with Crippen LogP contribution < -0.4 is 14.8 Å². The van der Waals surface area contributed by atoms with E-state index in [1.165, 1.54) is 0 Å². The van der Waals surface area contributed by atoms with E-state index in [0.717, 1.165) is 35.8 Å². The summed E-state index contributed by atoms with van der Waals surface area (Å²) in [6.07, 6.45) is 1.76. The van der Waals surface area contributed by atoms with Crippen molar-refractivity contribution in [3.63, 3.8) is 0 Å². The van der Waals surface area contributed by atoms with Gasteiger partial charge in [0.1, 0.15) is 6.04 Å². The van der Waals surface area contributed by atoms with Gasteiger partial charge < -0.3 is 14.8 Å². The van der Waals surface area contributed by atoms with Crippen molar-refractivity contribution >= 4 is 5.91 Å². The molecule has 0 bridgehead atoms. The Bertz CT molecular complexity index is 786. The molecule has 4 rings (SSSR count). The molecule has 0 radical (unpaired) electrons. The number of carbonyl (C=O) groups is 1. The number of hydrogen-bond donors (Lipinski definition) is 1. The molecule has 1 aromatic heterocycles. The van der Waals surface area contributed by atoms with Crippen molar-refractivity contribution in [3.8, 4) is 11.5 Å². The van der Waals surface area contributed by atoms with Crippen molar-refractivity contribution in [2.75, 3.05) is 13.3 Å². The lowest BCUT2D eigenvalue weighted by molar-refractivity contribution is -0.126. The lowest BCUT2D eigenvalue weighted by Gasteiger charge is -2.33. The van der Waals surface area contributed by atoms with Gasteiger partial charge in [-0.1, -0.05) is 6.07 Å². The molecule has 25 heavy (non-hydrogen) atoms. The maximum absolute atomic E-state index is 12.6. The fraction of sp³-hybridized carbons (Fsp3) is 0.444. The molecule has 2 aliphatic rings. The van der Waals surface area contributed by atoms with Gasteiger partial charge in [0.2, 0.25) is 12.7 Å². The summed E-state index contributed by atoms with van der Waals surface area (Å²) in [6.45, 7) is 6.35. The van der Waals surface area contributed by atoms with Gasteiger partial charge in [-0.15, -0.1) is 0 Å². The Morgan fingerprint density at radius 1 is 1.32 bits per heavy atom. The first-order chi connectivity index (χ1) is 12.1. The average molecular weight is 342 g/mol. The van der Waals surface area contributed by atoms with Crippen molar-refractivity contribution in [3.05, 3.63) is 41.7 Å². The van der Waals surface area contributed by atoms with E-state index in [-0.39, 0.29) is 24.8 Å². The summed E-state index contributed by atoms with van der Waals surface area (Å²) in [5.74, 6) is 1.58. The third-order valence-electron chi connectivity index (χ3n) is 4.44. The second kappa shape index (κ2) is 6.40. The van der Waals surface area contributed by atoms with Crippen molar-refractivity contribution < 1.29 is 14.3 Å². The molecule has 1 aromatic carbocycles. The third kappa shape index (κ3) is 3.19. The zero-order valence-electron chi connectivity index (χ0n) is 14.4. The Kier molecular flexibility index (Phi) is 4.09. The van der Waals surface area contributed by atoms with E-state index < -0.39 is 0 Å². The van der Waals surface area contributed by atoms with Crippen molar-refractivity contribution in [1.29, 1.82) is 0 Å². The number of fused-ring (bicyclic) bond motifs is 2. The van der Waals surface area contributed by atoms with Crippen LogP contribution in [-0.4, -0.2) is 40.0 Å². The number of rotatable bonds is 4. The lowest BCUT2D eigenvalue weighted by Crippen LogP contribution is -2.46. The predicted octanol–water partition coefficient (Wildman–Crippen LogP) is 1.69. The number of nitrogens with one attached hydrogen (secondary N) is 1. The summed E-state index contributed by atoms with van der Waals surface area (Å²) in [5.41, 5.74) is 2.19. The molecule has 0 fully saturated rings. The Hall–Kier alpha value is -2.54. The van der Waals surface area contributed by atoms with Gasteiger partial charge in [-0.05, 0) is 37.6 Å². The Balaban J connectivity index is 1.52. The quantitative estimate of drug-likeness (QED) is 0.916. The Morgan fingerprint density at radius 3 is 3.00 bits per heavy atom. The highest BCUT2D eigenvalue weighted by molar-refractivity contribution is 5.81. The first-order valence-corrected chi connectivity index (χ1v) is 8.54. The fourth-order valence-electron chi connectivity index (χ4n) is 3.36. The van der Waals surface area contributed by atoms with Crippen LogP contribution in [0.2, 0.25) is 0 Å². The largest absolute Gasteiger partial charge is 0.454 e. The van der Waals surface area contributed by atoms with Crippen molar-refractivity contribution in [1.82, 2.24) is 20.0 Å². The number of aromatic nitrogens is 2. The van der Waals surface area contributed by atoms with Gasteiger partial charge >= 0.3 is 0 Å². The van der Waals surface area contributed by atoms with Crippen LogP contribution in [0.25, 0.3) is 0 Å². The summed E-state index contributed by atoms with van der Waals surface area (Å²) < 4.78 is 12.7. The van der Waals surface area contributed by atoms with Crippen molar-refractivity contribution in [2.45, 2.75) is 39.0 Å². The molecular weight excluding hydrogens is 320 g/mol. The van der Waals surface area contributed by atoms with E-state index in [4.69, 9.17) is 9.47 Å². The molecule has 0 saturated heterocycles. The summed E-state index contributed by atoms with van der Waals surface area (Å²) in [6, 6.07) is 7.77. The standard InChI is InChI=1S/C18H22N4O3/c1-12(2)20-18(23)15-10-21(9-14-5-6-19-22(14)15)8-13-3-4-16-17(7-13)25-11-24-16/h3-7,12,15H,8-11H2,1-2H3,(H,20,23). The molecule has 0 aliphatic carbocycles. The SMILES string of the molecule is CC(C)NC(=O)C1CN(Cc2ccc3c(c2)OCO3)Cc2ccnn21. The smallest absolute Gasteiger partial charge is 0.246 e. The van der Waals surface area contributed by atoms with E-state index in [1.54, 1.807) is 6.20 Å². The van der Waals surface area contributed by atoms with E-state index in [2.05, 4.69) is 15.3 Å². The van der Waals surface area contributed by atoms with Crippen LogP contribution >= 0.6 is 0 Å². The lowest BCUT2D eigenvalue weighted by atomic mass is 10.1. The summed E-state index contributed by atoms with van der Waals surface area (Å²) in [5, 5.41) is 7.35. The summed E-state index contributed by atoms with van der Waals surface area (Å²) >= 11 is 0. The van der Waals surface area contributed by atoms with Crippen LogP contribution in [0.15, 0.2) is 30.5 Å². The molecule has 132 valence electrons. The van der Waals surface area contributed by atoms with Gasteiger partial charge in [-0.3, -0.25) is 14.4 Å². The zero-order chi connectivity index (χ0) is 17.4. The van der Waals surface area contributed by atoms with Gasteiger partial charge in [0, 0.05) is 31.9 Å². The first kappa shape index (κ1) is 16.0. The van der Waals surface area contributed by atoms with Gasteiger partial charge in [-0.25, -0.2) is 0 Å². The molecule has 7 heteroatoms. The molecule has 1 unspecified atom stereocenters. The first-order valence-electron chi connectivity index (χ1n) is 8.54. The maximum Gasteiger partial charge on any atom is 0.246 e. The van der Waals surface area contributed by atoms with Crippen LogP contribution in [0.5, 0.6) is 11.5 Å². The highest BCUT2D eigenvalue weighted by atomic mass is 16.7. The van der Waals surface area contributed by atoms with Crippen LogP contribution in [0, 0.1) is 0 Å². The number of hydrogen-bond acceptors (Lipinski definition) is 5. The molecule has 1 atom stereocenters. The third-order valence-corrected chi connectivity index (χ3v) is 4.44. The van der Waals surface area contributed by atoms with Gasteiger partial charge in [0.05, 0.1) is 5.69 Å². The maximum atomic E-state index is 12.6. The molecule has 1 amide bonds. The summed E-state index contributed by atoms with van der Waals surface area (Å²) in [7, 11) is 0. The Labute approximate surface area is 146 Å². The Morgan fingerprint density at radius 2 is 2.16 bits per heavy atom. The van der Waals surface area contributed by atoms with E-state index in [1.807, 2.05) is 42.8 Å². The number of benzene rings is 1. The van der Waals surface area contributed by atoms with E-state index in [0.29, 0.717) is 6.54 Å². The highest BCUT2D eigenvalue weighted by Crippen LogP contribution is 2.33. The molecule has 0 saturated carbocycles. The molecule has 3 heterocycles. The molecule has 2 aromatic rings. The second-order valence-electron chi connectivity index (χ2n) is 6.80. The molecule has 1 N–H and O–H groups in total.